The number of rotatable bonds is 6. The summed E-state index contributed by atoms with van der Waals surface area (Å²) < 4.78 is 10.9. The summed E-state index contributed by atoms with van der Waals surface area (Å²) in [6.45, 7) is 6.16. The molecule has 1 aromatic rings. The third-order valence-electron chi connectivity index (χ3n) is 5.48. The van der Waals surface area contributed by atoms with Crippen LogP contribution in [0.3, 0.4) is 0 Å². The van der Waals surface area contributed by atoms with Crippen LogP contribution in [0.2, 0.25) is 0 Å². The molecule has 1 aromatic carbocycles. The molecule has 2 heterocycles. The van der Waals surface area contributed by atoms with Gasteiger partial charge in [0.1, 0.15) is 11.5 Å². The number of hydrogen-bond acceptors (Lipinski definition) is 4. The highest BCUT2D eigenvalue weighted by molar-refractivity contribution is 5.89. The van der Waals surface area contributed by atoms with Gasteiger partial charge in [-0.15, -0.1) is 0 Å². The molecule has 2 aliphatic rings. The molecule has 0 saturated carbocycles. The lowest BCUT2D eigenvalue weighted by atomic mass is 10.0. The van der Waals surface area contributed by atoms with Gasteiger partial charge in [-0.1, -0.05) is 13.8 Å². The topological polar surface area (TPSA) is 59.1 Å². The number of ether oxygens (including phenoxy) is 2. The van der Waals surface area contributed by atoms with E-state index in [0.717, 1.165) is 43.0 Å². The molecule has 2 atom stereocenters. The van der Waals surface area contributed by atoms with Gasteiger partial charge in [0, 0.05) is 31.6 Å². The van der Waals surface area contributed by atoms with E-state index < -0.39 is 0 Å². The minimum atomic E-state index is -0.242. The Hall–Kier alpha value is -2.24. The standard InChI is InChI=1S/C21H30N2O4/c1-14(2)12-22-13-15(10-20(22)24)21(25)23-9-5-6-18(23)17-11-16(26-3)7-8-19(17)27-4/h7-8,11,14-15,18H,5-6,9-10,12-13H2,1-4H3/t15-,18-/m0/s1. The van der Waals surface area contributed by atoms with Gasteiger partial charge in [-0.3, -0.25) is 9.59 Å². The van der Waals surface area contributed by atoms with E-state index in [2.05, 4.69) is 13.8 Å². The van der Waals surface area contributed by atoms with Crippen molar-refractivity contribution in [2.45, 2.75) is 39.2 Å². The average Bonchev–Trinajstić information content (AvgIpc) is 3.27. The summed E-state index contributed by atoms with van der Waals surface area (Å²) in [5.41, 5.74) is 0.978. The molecule has 0 aliphatic carbocycles. The molecule has 27 heavy (non-hydrogen) atoms. The van der Waals surface area contributed by atoms with E-state index >= 15 is 0 Å². The fourth-order valence-electron chi connectivity index (χ4n) is 4.24. The lowest BCUT2D eigenvalue weighted by Gasteiger charge is -2.29. The molecule has 148 valence electrons. The van der Waals surface area contributed by atoms with E-state index in [0.29, 0.717) is 18.9 Å². The summed E-state index contributed by atoms with van der Waals surface area (Å²) in [5, 5.41) is 0. The van der Waals surface area contributed by atoms with E-state index in [1.165, 1.54) is 0 Å². The summed E-state index contributed by atoms with van der Waals surface area (Å²) >= 11 is 0. The molecule has 2 aliphatic heterocycles. The second-order valence-electron chi connectivity index (χ2n) is 7.89. The third-order valence-corrected chi connectivity index (χ3v) is 5.48. The summed E-state index contributed by atoms with van der Waals surface area (Å²) in [4.78, 5) is 29.3. The average molecular weight is 374 g/mol. The molecule has 6 nitrogen and oxygen atoms in total. The predicted octanol–water partition coefficient (Wildman–Crippen LogP) is 2.87. The third kappa shape index (κ3) is 4.04. The SMILES string of the molecule is COc1ccc(OC)c([C@@H]2CCCN2C(=O)[C@H]2CC(=O)N(CC(C)C)C2)c1. The summed E-state index contributed by atoms with van der Waals surface area (Å²) in [6, 6.07) is 5.68. The van der Waals surface area contributed by atoms with Crippen LogP contribution in [0.25, 0.3) is 0 Å². The van der Waals surface area contributed by atoms with Crippen molar-refractivity contribution in [1.82, 2.24) is 9.80 Å². The summed E-state index contributed by atoms with van der Waals surface area (Å²) in [6.07, 6.45) is 2.17. The van der Waals surface area contributed by atoms with E-state index in [-0.39, 0.29) is 23.8 Å². The highest BCUT2D eigenvalue weighted by Crippen LogP contribution is 2.40. The fourth-order valence-corrected chi connectivity index (χ4v) is 4.24. The van der Waals surface area contributed by atoms with Crippen LogP contribution in [-0.2, 0) is 9.59 Å². The van der Waals surface area contributed by atoms with E-state index in [4.69, 9.17) is 9.47 Å². The Kier molecular flexibility index (Phi) is 5.92. The monoisotopic (exact) mass is 374 g/mol. The van der Waals surface area contributed by atoms with Crippen LogP contribution in [0.5, 0.6) is 11.5 Å². The van der Waals surface area contributed by atoms with Crippen molar-refractivity contribution < 1.29 is 19.1 Å². The van der Waals surface area contributed by atoms with Crippen molar-refractivity contribution in [3.63, 3.8) is 0 Å². The molecular formula is C21H30N2O4. The van der Waals surface area contributed by atoms with Crippen LogP contribution in [0, 0.1) is 11.8 Å². The van der Waals surface area contributed by atoms with Crippen molar-refractivity contribution in [2.75, 3.05) is 33.9 Å². The Morgan fingerprint density at radius 1 is 1.26 bits per heavy atom. The molecular weight excluding hydrogens is 344 g/mol. The number of hydrogen-bond donors (Lipinski definition) is 0. The number of carbonyl (C=O) groups excluding carboxylic acids is 2. The molecule has 2 saturated heterocycles. The minimum absolute atomic E-state index is 0.0307. The van der Waals surface area contributed by atoms with E-state index in [1.807, 2.05) is 28.0 Å². The molecule has 0 aromatic heterocycles. The van der Waals surface area contributed by atoms with Gasteiger partial charge >= 0.3 is 0 Å². The molecule has 0 radical (unpaired) electrons. The fraction of sp³-hybridized carbons (Fsp3) is 0.619. The van der Waals surface area contributed by atoms with Crippen LogP contribution < -0.4 is 9.47 Å². The molecule has 3 rings (SSSR count). The van der Waals surface area contributed by atoms with Crippen molar-refractivity contribution in [1.29, 1.82) is 0 Å². The van der Waals surface area contributed by atoms with Gasteiger partial charge in [0.05, 0.1) is 26.2 Å². The molecule has 0 unspecified atom stereocenters. The van der Waals surface area contributed by atoms with Crippen LogP contribution >= 0.6 is 0 Å². The molecule has 2 fully saturated rings. The maximum absolute atomic E-state index is 13.2. The Morgan fingerprint density at radius 3 is 2.70 bits per heavy atom. The van der Waals surface area contributed by atoms with Crippen LogP contribution in [0.4, 0.5) is 0 Å². The predicted molar refractivity (Wildman–Crippen MR) is 103 cm³/mol. The molecule has 2 amide bonds. The lowest BCUT2D eigenvalue weighted by Crippen LogP contribution is -2.37. The second kappa shape index (κ2) is 8.19. The minimum Gasteiger partial charge on any atom is -0.497 e. The van der Waals surface area contributed by atoms with E-state index in [9.17, 15) is 9.59 Å². The van der Waals surface area contributed by atoms with Crippen molar-refractivity contribution in [3.05, 3.63) is 23.8 Å². The first-order chi connectivity index (χ1) is 12.9. The van der Waals surface area contributed by atoms with Gasteiger partial charge in [0.25, 0.3) is 0 Å². The second-order valence-corrected chi connectivity index (χ2v) is 7.89. The Bertz CT molecular complexity index is 703. The van der Waals surface area contributed by atoms with Gasteiger partial charge in [-0.2, -0.15) is 0 Å². The number of benzene rings is 1. The molecule has 6 heteroatoms. The first kappa shape index (κ1) is 19.5. The number of amides is 2. The number of carbonyl (C=O) groups is 2. The largest absolute Gasteiger partial charge is 0.497 e. The van der Waals surface area contributed by atoms with Crippen LogP contribution in [0.15, 0.2) is 18.2 Å². The Balaban J connectivity index is 1.79. The first-order valence-corrected chi connectivity index (χ1v) is 9.74. The normalized spacial score (nSPS) is 22.6. The van der Waals surface area contributed by atoms with Gasteiger partial charge in [-0.05, 0) is 37.0 Å². The van der Waals surface area contributed by atoms with E-state index in [1.54, 1.807) is 14.2 Å². The zero-order chi connectivity index (χ0) is 19.6. The van der Waals surface area contributed by atoms with Gasteiger partial charge in [0.2, 0.25) is 11.8 Å². The zero-order valence-electron chi connectivity index (χ0n) is 16.7. The molecule has 0 spiro atoms. The van der Waals surface area contributed by atoms with Crippen LogP contribution in [-0.4, -0.2) is 55.5 Å². The van der Waals surface area contributed by atoms with Gasteiger partial charge in [-0.25, -0.2) is 0 Å². The van der Waals surface area contributed by atoms with Crippen molar-refractivity contribution >= 4 is 11.8 Å². The first-order valence-electron chi connectivity index (χ1n) is 9.74. The zero-order valence-corrected chi connectivity index (χ0v) is 16.7. The Labute approximate surface area is 161 Å². The molecule has 0 N–H and O–H groups in total. The van der Waals surface area contributed by atoms with Crippen molar-refractivity contribution in [2.24, 2.45) is 11.8 Å². The smallest absolute Gasteiger partial charge is 0.228 e. The van der Waals surface area contributed by atoms with Gasteiger partial charge < -0.3 is 19.3 Å². The highest BCUT2D eigenvalue weighted by Gasteiger charge is 2.40. The number of nitrogens with zero attached hydrogens (tertiary/aromatic N) is 2. The maximum atomic E-state index is 13.2. The maximum Gasteiger partial charge on any atom is 0.228 e. The van der Waals surface area contributed by atoms with Crippen molar-refractivity contribution in [3.8, 4) is 11.5 Å². The highest BCUT2D eigenvalue weighted by atomic mass is 16.5. The Morgan fingerprint density at radius 2 is 2.04 bits per heavy atom. The quantitative estimate of drug-likeness (QED) is 0.768. The lowest BCUT2D eigenvalue weighted by molar-refractivity contribution is -0.136. The van der Waals surface area contributed by atoms with Crippen LogP contribution in [0.1, 0.15) is 44.7 Å². The summed E-state index contributed by atoms with van der Waals surface area (Å²) in [7, 11) is 3.28. The number of methoxy groups -OCH3 is 2. The molecule has 0 bridgehead atoms. The summed E-state index contributed by atoms with van der Waals surface area (Å²) in [5.74, 6) is 1.87. The van der Waals surface area contributed by atoms with Gasteiger partial charge in [0.15, 0.2) is 0 Å². The number of likely N-dealkylation sites (tertiary alicyclic amines) is 2.